The third-order valence-electron chi connectivity index (χ3n) is 15.1. The maximum Gasteiger partial charge on any atom is 0.224 e. The van der Waals surface area contributed by atoms with Crippen molar-refractivity contribution in [3.8, 4) is 0 Å². The molecule has 10 nitrogen and oxygen atoms in total. The number of hydrogen-bond donors (Lipinski definition) is 4. The summed E-state index contributed by atoms with van der Waals surface area (Å²) in [7, 11) is -7.46. The number of aliphatic hydroxyl groups excluding tert-OH is 2. The molecule has 68 heavy (non-hydrogen) atoms. The number of nitrogens with one attached hydrogen (secondary N) is 2. The predicted octanol–water partition coefficient (Wildman–Crippen LogP) is 11.9. The van der Waals surface area contributed by atoms with Crippen LogP contribution in [0.1, 0.15) is 177 Å². The topological polar surface area (TPSA) is 167 Å². The molecule has 370 valence electrons. The fourth-order valence-electron chi connectivity index (χ4n) is 11.0. The number of carbonyl (C=O) groups excluding carboxylic acids is 2. The van der Waals surface area contributed by atoms with Crippen molar-refractivity contribution in [1.82, 2.24) is 0 Å². The van der Waals surface area contributed by atoms with Crippen LogP contribution in [0.5, 0.6) is 0 Å². The van der Waals surface area contributed by atoms with Crippen molar-refractivity contribution in [2.45, 2.75) is 177 Å². The summed E-state index contributed by atoms with van der Waals surface area (Å²) in [6, 6.07) is 29.2. The van der Waals surface area contributed by atoms with Crippen molar-refractivity contribution in [1.29, 1.82) is 0 Å². The van der Waals surface area contributed by atoms with Crippen LogP contribution in [-0.4, -0.2) is 62.6 Å². The first-order chi connectivity index (χ1) is 32.6. The number of fused-ring (bicyclic) bond motifs is 2. The van der Waals surface area contributed by atoms with Crippen LogP contribution >= 0.6 is 0 Å². The molecule has 0 unspecified atom stereocenters. The van der Waals surface area contributed by atoms with E-state index >= 15 is 0 Å². The van der Waals surface area contributed by atoms with Crippen molar-refractivity contribution in [3.63, 3.8) is 0 Å². The molecule has 12 heteroatoms. The molecule has 4 N–H and O–H groups in total. The molecule has 0 fully saturated rings. The van der Waals surface area contributed by atoms with Gasteiger partial charge in [0.05, 0.1) is 33.5 Å². The van der Waals surface area contributed by atoms with Crippen LogP contribution in [0.3, 0.4) is 0 Å². The Kier molecular flexibility index (Phi) is 18.7. The average molecular weight is 969 g/mol. The Hall–Kier alpha value is -4.36. The summed E-state index contributed by atoms with van der Waals surface area (Å²) in [5, 5.41) is 30.3. The maximum atomic E-state index is 14.0. The largest absolute Gasteiger partial charge is 0.392 e. The summed E-state index contributed by atoms with van der Waals surface area (Å²) in [5.74, 6) is -1.62. The van der Waals surface area contributed by atoms with E-state index in [1.54, 1.807) is 36.4 Å². The SMILES string of the molecule is CCCC[C@]1(CC)CS(=O)(=O)c2ccc(NC(=O)CCCCCCCCCCC(=O)Nc3ccc4c(c3)[C@@H](c3ccccc3)[C@@H](O)[C@](CC)(CCCC)CS4(=O)=O)cc2[C@@H](c2ccccc2)[C@H]1O. The van der Waals surface area contributed by atoms with Gasteiger partial charge in [0.1, 0.15) is 0 Å². The van der Waals surface area contributed by atoms with Crippen LogP contribution in [0.2, 0.25) is 0 Å². The lowest BCUT2D eigenvalue weighted by molar-refractivity contribution is -0.117. The Morgan fingerprint density at radius 2 is 0.868 bits per heavy atom. The van der Waals surface area contributed by atoms with Gasteiger partial charge in [-0.05, 0) is 97.2 Å². The van der Waals surface area contributed by atoms with Gasteiger partial charge in [-0.3, -0.25) is 9.59 Å². The minimum Gasteiger partial charge on any atom is -0.392 e. The first-order valence-corrected chi connectivity index (χ1v) is 28.7. The van der Waals surface area contributed by atoms with Crippen LogP contribution in [0.25, 0.3) is 0 Å². The van der Waals surface area contributed by atoms with Crippen LogP contribution in [-0.2, 0) is 29.3 Å². The minimum absolute atomic E-state index is 0.116. The van der Waals surface area contributed by atoms with Gasteiger partial charge in [-0.2, -0.15) is 0 Å². The Bertz CT molecular complexity index is 2340. The molecule has 0 radical (unpaired) electrons. The molecule has 2 heterocycles. The highest BCUT2D eigenvalue weighted by atomic mass is 32.2. The van der Waals surface area contributed by atoms with Gasteiger partial charge in [-0.15, -0.1) is 0 Å². The van der Waals surface area contributed by atoms with E-state index in [0.29, 0.717) is 61.0 Å². The second kappa shape index (κ2) is 24.0. The fraction of sp³-hybridized carbons (Fsp3) is 0.536. The molecule has 6 rings (SSSR count). The Morgan fingerprint density at radius 1 is 0.515 bits per heavy atom. The smallest absolute Gasteiger partial charge is 0.224 e. The molecule has 0 saturated heterocycles. The van der Waals surface area contributed by atoms with E-state index in [0.717, 1.165) is 88.2 Å². The van der Waals surface area contributed by atoms with E-state index in [1.807, 2.05) is 74.5 Å². The molecule has 2 amide bonds. The van der Waals surface area contributed by atoms with Gasteiger partial charge in [-0.25, -0.2) is 16.8 Å². The van der Waals surface area contributed by atoms with Crippen LogP contribution in [0, 0.1) is 10.8 Å². The third-order valence-corrected chi connectivity index (χ3v) is 19.1. The van der Waals surface area contributed by atoms with Gasteiger partial charge in [-0.1, -0.05) is 153 Å². The number of rotatable bonds is 23. The zero-order valence-electron chi connectivity index (χ0n) is 40.8. The molecule has 0 bridgehead atoms. The Labute approximate surface area is 407 Å². The number of hydrogen-bond acceptors (Lipinski definition) is 8. The lowest BCUT2D eigenvalue weighted by Gasteiger charge is -2.39. The number of unbranched alkanes of at least 4 members (excludes halogenated alkanes) is 9. The van der Waals surface area contributed by atoms with Crippen LogP contribution in [0.15, 0.2) is 107 Å². The summed E-state index contributed by atoms with van der Waals surface area (Å²) in [4.78, 5) is 26.7. The highest BCUT2D eigenvalue weighted by molar-refractivity contribution is 7.91. The fourth-order valence-corrected chi connectivity index (χ4v) is 15.5. The van der Waals surface area contributed by atoms with Crippen molar-refractivity contribution >= 4 is 42.9 Å². The number of carbonyl (C=O) groups is 2. The van der Waals surface area contributed by atoms with Crippen LogP contribution in [0.4, 0.5) is 11.4 Å². The molecule has 0 aromatic heterocycles. The monoisotopic (exact) mass is 969 g/mol. The number of aliphatic hydroxyl groups is 2. The van der Waals surface area contributed by atoms with E-state index in [9.17, 15) is 36.6 Å². The molecular weight excluding hydrogens is 893 g/mol. The maximum absolute atomic E-state index is 14.0. The standard InChI is InChI=1S/C56H76N2O8S2/c1-5-9-35-55(7-3)39-67(63,64)47-33-31-43(37-45(47)51(53(55)61)41-25-19-17-20-26-41)57-49(59)29-23-15-13-11-12-14-16-24-30-50(60)58-44-32-34-48-46(38-44)52(42-27-21-18-22-28-42)54(62)56(8-4,36-10-6-2)40-68(48,65)66/h17-22,25-28,31-34,37-38,51-54,61-62H,5-16,23-24,29-30,35-36,39-40H2,1-4H3,(H,57,59)(H,58,60)/t51-,52-,53-,54-,55-,56-/m1/s1. The van der Waals surface area contributed by atoms with E-state index in [1.165, 1.54) is 0 Å². The molecule has 2 aliphatic rings. The summed E-state index contributed by atoms with van der Waals surface area (Å²) >= 11 is 0. The molecular formula is C56H76N2O8S2. The third kappa shape index (κ3) is 12.5. The highest BCUT2D eigenvalue weighted by Crippen LogP contribution is 2.51. The molecule has 2 aliphatic heterocycles. The van der Waals surface area contributed by atoms with E-state index < -0.39 is 54.5 Å². The second-order valence-electron chi connectivity index (χ2n) is 19.8. The van der Waals surface area contributed by atoms with E-state index in [4.69, 9.17) is 0 Å². The van der Waals surface area contributed by atoms with Gasteiger partial charge in [0.25, 0.3) is 0 Å². The minimum atomic E-state index is -3.73. The number of benzene rings is 4. The first-order valence-electron chi connectivity index (χ1n) is 25.4. The molecule has 6 atom stereocenters. The Morgan fingerprint density at radius 3 is 1.21 bits per heavy atom. The summed E-state index contributed by atoms with van der Waals surface area (Å²) in [6.45, 7) is 8.09. The average Bonchev–Trinajstić information content (AvgIpc) is 3.44. The zero-order valence-corrected chi connectivity index (χ0v) is 42.5. The summed E-state index contributed by atoms with van der Waals surface area (Å²) in [6.07, 6.45) is 11.9. The van der Waals surface area contributed by atoms with Gasteiger partial charge in [0, 0.05) is 46.9 Å². The lowest BCUT2D eigenvalue weighted by Crippen LogP contribution is -2.42. The number of sulfone groups is 2. The summed E-state index contributed by atoms with van der Waals surface area (Å²) in [5.41, 5.74) is 2.19. The van der Waals surface area contributed by atoms with Gasteiger partial charge in [0.15, 0.2) is 19.7 Å². The lowest BCUT2D eigenvalue weighted by atomic mass is 9.69. The quantitative estimate of drug-likeness (QED) is 0.0533. The molecule has 0 saturated carbocycles. The summed E-state index contributed by atoms with van der Waals surface area (Å²) < 4.78 is 56.0. The molecule has 0 aliphatic carbocycles. The molecule has 4 aromatic carbocycles. The molecule has 0 spiro atoms. The van der Waals surface area contributed by atoms with Crippen molar-refractivity contribution in [3.05, 3.63) is 119 Å². The van der Waals surface area contributed by atoms with Gasteiger partial charge >= 0.3 is 0 Å². The number of amides is 2. The predicted molar refractivity (Wildman–Crippen MR) is 274 cm³/mol. The van der Waals surface area contributed by atoms with Crippen LogP contribution < -0.4 is 10.6 Å². The highest BCUT2D eigenvalue weighted by Gasteiger charge is 2.50. The van der Waals surface area contributed by atoms with Gasteiger partial charge in [0.2, 0.25) is 11.8 Å². The van der Waals surface area contributed by atoms with Gasteiger partial charge < -0.3 is 20.8 Å². The zero-order chi connectivity index (χ0) is 49.0. The van der Waals surface area contributed by atoms with Crippen molar-refractivity contribution < 1.29 is 36.6 Å². The van der Waals surface area contributed by atoms with Crippen molar-refractivity contribution in [2.75, 3.05) is 22.1 Å². The molecule has 4 aromatic rings. The first kappa shape index (κ1) is 53.0. The normalized spacial score (nSPS) is 23.9. The Balaban J connectivity index is 0.958. The van der Waals surface area contributed by atoms with E-state index in [2.05, 4.69) is 24.5 Å². The van der Waals surface area contributed by atoms with E-state index in [-0.39, 0.29) is 33.1 Å². The number of anilines is 2. The van der Waals surface area contributed by atoms with Crippen molar-refractivity contribution in [2.24, 2.45) is 10.8 Å². The second-order valence-corrected chi connectivity index (χ2v) is 23.7.